The summed E-state index contributed by atoms with van der Waals surface area (Å²) in [5, 5.41) is 6.15. The molecule has 0 aliphatic carbocycles. The van der Waals surface area contributed by atoms with Gasteiger partial charge in [0.1, 0.15) is 5.75 Å². The summed E-state index contributed by atoms with van der Waals surface area (Å²) >= 11 is 1.51. The third-order valence-corrected chi connectivity index (χ3v) is 6.34. The van der Waals surface area contributed by atoms with Crippen LogP contribution in [0.25, 0.3) is 0 Å². The number of methoxy groups -OCH3 is 1. The number of halogens is 1. The molecular formula is C21H24ClN3O3S. The fraction of sp³-hybridized carbons (Fsp3) is 0.333. The Morgan fingerprint density at radius 2 is 2.03 bits per heavy atom. The zero-order valence-corrected chi connectivity index (χ0v) is 17.9. The number of thioether (sulfide) groups is 1. The Kier molecular flexibility index (Phi) is 6.72. The Bertz CT molecular complexity index is 924. The highest BCUT2D eigenvalue weighted by Crippen LogP contribution is 2.37. The zero-order valence-electron chi connectivity index (χ0n) is 16.3. The number of fused-ring (bicyclic) bond motifs is 1. The van der Waals surface area contributed by atoms with Gasteiger partial charge < -0.3 is 20.3 Å². The number of rotatable bonds is 3. The summed E-state index contributed by atoms with van der Waals surface area (Å²) in [7, 11) is 1.64. The third kappa shape index (κ3) is 4.22. The topological polar surface area (TPSA) is 70.7 Å². The van der Waals surface area contributed by atoms with Crippen molar-refractivity contribution in [3.63, 3.8) is 0 Å². The van der Waals surface area contributed by atoms with Crippen molar-refractivity contribution in [2.45, 2.75) is 23.1 Å². The normalized spacial score (nSPS) is 20.9. The van der Waals surface area contributed by atoms with E-state index in [2.05, 4.69) is 10.6 Å². The average molecular weight is 434 g/mol. The standard InChI is InChI=1S/C21H23N3O3S.ClH/c1-13-20(25)23-16-11-14(7-8-19(16)28-13)21(26)24-10-9-22-12-17(24)15-5-3-4-6-18(15)27-2;/h3-8,11,13,17,22H,9-10,12H2,1-2H3,(H,23,25);1H. The molecule has 2 amide bonds. The van der Waals surface area contributed by atoms with E-state index in [0.29, 0.717) is 24.3 Å². The van der Waals surface area contributed by atoms with E-state index in [9.17, 15) is 9.59 Å². The van der Waals surface area contributed by atoms with Gasteiger partial charge >= 0.3 is 0 Å². The Morgan fingerprint density at radius 3 is 2.83 bits per heavy atom. The Balaban J connectivity index is 0.00000240. The van der Waals surface area contributed by atoms with Crippen molar-refractivity contribution >= 4 is 41.7 Å². The summed E-state index contributed by atoms with van der Waals surface area (Å²) < 4.78 is 5.51. The summed E-state index contributed by atoms with van der Waals surface area (Å²) in [6, 6.07) is 13.2. The number of anilines is 1. The number of piperazine rings is 1. The van der Waals surface area contributed by atoms with E-state index in [-0.39, 0.29) is 35.5 Å². The molecule has 1 saturated heterocycles. The number of amides is 2. The molecule has 0 saturated carbocycles. The predicted octanol–water partition coefficient (Wildman–Crippen LogP) is 3.34. The average Bonchev–Trinajstić information content (AvgIpc) is 2.73. The van der Waals surface area contributed by atoms with Crippen molar-refractivity contribution in [1.82, 2.24) is 10.2 Å². The smallest absolute Gasteiger partial charge is 0.254 e. The van der Waals surface area contributed by atoms with Gasteiger partial charge in [-0.15, -0.1) is 24.2 Å². The summed E-state index contributed by atoms with van der Waals surface area (Å²) in [5.74, 6) is 0.700. The van der Waals surface area contributed by atoms with Gasteiger partial charge in [0.05, 0.1) is 24.1 Å². The molecule has 0 bridgehead atoms. The molecule has 2 N–H and O–H groups in total. The molecule has 2 aromatic rings. The highest BCUT2D eigenvalue weighted by molar-refractivity contribution is 8.00. The largest absolute Gasteiger partial charge is 0.496 e. The zero-order chi connectivity index (χ0) is 19.7. The van der Waals surface area contributed by atoms with E-state index in [4.69, 9.17) is 4.74 Å². The molecule has 2 aliphatic rings. The molecule has 2 aliphatic heterocycles. The summed E-state index contributed by atoms with van der Waals surface area (Å²) in [5.41, 5.74) is 2.28. The van der Waals surface area contributed by atoms with Crippen LogP contribution in [0.3, 0.4) is 0 Å². The van der Waals surface area contributed by atoms with Crippen LogP contribution in [0.2, 0.25) is 0 Å². The quantitative estimate of drug-likeness (QED) is 0.776. The monoisotopic (exact) mass is 433 g/mol. The highest BCUT2D eigenvalue weighted by Gasteiger charge is 2.31. The van der Waals surface area contributed by atoms with Gasteiger partial charge in [-0.2, -0.15) is 0 Å². The molecule has 154 valence electrons. The van der Waals surface area contributed by atoms with Gasteiger partial charge in [-0.05, 0) is 31.2 Å². The molecule has 4 rings (SSSR count). The molecule has 2 heterocycles. The molecule has 29 heavy (non-hydrogen) atoms. The van der Waals surface area contributed by atoms with Gasteiger partial charge in [0.2, 0.25) is 5.91 Å². The molecule has 0 spiro atoms. The van der Waals surface area contributed by atoms with E-state index in [1.807, 2.05) is 48.2 Å². The Labute approximate surface area is 180 Å². The van der Waals surface area contributed by atoms with E-state index < -0.39 is 0 Å². The van der Waals surface area contributed by atoms with Crippen molar-refractivity contribution < 1.29 is 14.3 Å². The van der Waals surface area contributed by atoms with E-state index >= 15 is 0 Å². The number of nitrogens with one attached hydrogen (secondary N) is 2. The third-order valence-electron chi connectivity index (χ3n) is 5.16. The minimum absolute atomic E-state index is 0. The molecule has 6 nitrogen and oxygen atoms in total. The van der Waals surface area contributed by atoms with Gasteiger partial charge in [0.15, 0.2) is 0 Å². The van der Waals surface area contributed by atoms with Crippen LogP contribution in [0, 0.1) is 0 Å². The summed E-state index contributed by atoms with van der Waals surface area (Å²) in [6.07, 6.45) is 0. The number of carbonyl (C=O) groups is 2. The number of nitrogens with zero attached hydrogens (tertiary/aromatic N) is 1. The lowest BCUT2D eigenvalue weighted by atomic mass is 10.0. The molecular weight excluding hydrogens is 410 g/mol. The van der Waals surface area contributed by atoms with E-state index in [1.54, 1.807) is 13.2 Å². The second-order valence-corrected chi connectivity index (χ2v) is 8.30. The van der Waals surface area contributed by atoms with Crippen molar-refractivity contribution in [2.24, 2.45) is 0 Å². The second-order valence-electron chi connectivity index (χ2n) is 6.92. The minimum Gasteiger partial charge on any atom is -0.496 e. The first-order chi connectivity index (χ1) is 13.6. The number of carbonyl (C=O) groups excluding carboxylic acids is 2. The molecule has 1 fully saturated rings. The van der Waals surface area contributed by atoms with Crippen LogP contribution in [-0.2, 0) is 4.79 Å². The fourth-order valence-electron chi connectivity index (χ4n) is 3.67. The lowest BCUT2D eigenvalue weighted by Gasteiger charge is -2.37. The van der Waals surface area contributed by atoms with Crippen LogP contribution in [0.15, 0.2) is 47.4 Å². The maximum Gasteiger partial charge on any atom is 0.254 e. The molecule has 0 aromatic heterocycles. The summed E-state index contributed by atoms with van der Waals surface area (Å²) in [4.78, 5) is 28.2. The van der Waals surface area contributed by atoms with Crippen molar-refractivity contribution in [3.05, 3.63) is 53.6 Å². The molecule has 2 aromatic carbocycles. The minimum atomic E-state index is -0.128. The Morgan fingerprint density at radius 1 is 1.24 bits per heavy atom. The summed E-state index contributed by atoms with van der Waals surface area (Å²) in [6.45, 7) is 3.89. The first kappa shape index (κ1) is 21.5. The van der Waals surface area contributed by atoms with Gasteiger partial charge in [0, 0.05) is 35.7 Å². The van der Waals surface area contributed by atoms with Crippen LogP contribution < -0.4 is 15.4 Å². The lowest BCUT2D eigenvalue weighted by molar-refractivity contribution is -0.115. The second kappa shape index (κ2) is 9.07. The van der Waals surface area contributed by atoms with Gasteiger partial charge in [-0.25, -0.2) is 0 Å². The molecule has 2 atom stereocenters. The van der Waals surface area contributed by atoms with E-state index in [1.165, 1.54) is 11.8 Å². The number of benzene rings is 2. The molecule has 0 radical (unpaired) electrons. The van der Waals surface area contributed by atoms with Crippen molar-refractivity contribution in [2.75, 3.05) is 32.1 Å². The number of ether oxygens (including phenoxy) is 1. The highest BCUT2D eigenvalue weighted by atomic mass is 35.5. The number of hydrogen-bond donors (Lipinski definition) is 2. The van der Waals surface area contributed by atoms with Crippen LogP contribution >= 0.6 is 24.2 Å². The van der Waals surface area contributed by atoms with Gasteiger partial charge in [-0.1, -0.05) is 18.2 Å². The first-order valence-electron chi connectivity index (χ1n) is 9.34. The van der Waals surface area contributed by atoms with Crippen LogP contribution in [0.4, 0.5) is 5.69 Å². The molecule has 8 heteroatoms. The molecule has 2 unspecified atom stereocenters. The first-order valence-corrected chi connectivity index (χ1v) is 10.2. The van der Waals surface area contributed by atoms with Crippen LogP contribution in [-0.4, -0.2) is 48.7 Å². The van der Waals surface area contributed by atoms with E-state index in [0.717, 1.165) is 22.8 Å². The fourth-order valence-corrected chi connectivity index (χ4v) is 4.60. The SMILES string of the molecule is COc1ccccc1C1CNCCN1C(=O)c1ccc2c(c1)NC(=O)C(C)S2.Cl. The lowest BCUT2D eigenvalue weighted by Crippen LogP contribution is -2.48. The number of para-hydroxylation sites is 1. The van der Waals surface area contributed by atoms with Crippen molar-refractivity contribution in [3.8, 4) is 5.75 Å². The van der Waals surface area contributed by atoms with Gasteiger partial charge in [-0.3, -0.25) is 9.59 Å². The van der Waals surface area contributed by atoms with Gasteiger partial charge in [0.25, 0.3) is 5.91 Å². The van der Waals surface area contributed by atoms with Crippen LogP contribution in [0.5, 0.6) is 5.75 Å². The van der Waals surface area contributed by atoms with Crippen LogP contribution in [0.1, 0.15) is 28.9 Å². The predicted molar refractivity (Wildman–Crippen MR) is 117 cm³/mol. The maximum atomic E-state index is 13.4. The number of hydrogen-bond acceptors (Lipinski definition) is 5. The maximum absolute atomic E-state index is 13.4. The van der Waals surface area contributed by atoms with Crippen molar-refractivity contribution in [1.29, 1.82) is 0 Å². The Hall–Kier alpha value is -2.22.